The van der Waals surface area contributed by atoms with Crippen LogP contribution in [0.25, 0.3) is 10.9 Å². The molecule has 10 nitrogen and oxygen atoms in total. The summed E-state index contributed by atoms with van der Waals surface area (Å²) in [6.07, 6.45) is 1.55. The predicted octanol–water partition coefficient (Wildman–Crippen LogP) is 2.25. The van der Waals surface area contributed by atoms with E-state index >= 15 is 0 Å². The number of H-pyrrole nitrogens is 1. The molecule has 0 radical (unpaired) electrons. The van der Waals surface area contributed by atoms with Crippen LogP contribution in [0, 0.1) is 11.3 Å². The second kappa shape index (κ2) is 12.8. The predicted molar refractivity (Wildman–Crippen MR) is 155 cm³/mol. The normalized spacial score (nSPS) is 17.2. The minimum atomic E-state index is -1.03. The summed E-state index contributed by atoms with van der Waals surface area (Å²) in [5, 5.41) is 12.0. The summed E-state index contributed by atoms with van der Waals surface area (Å²) in [6, 6.07) is 15.5. The quantitative estimate of drug-likeness (QED) is 0.229. The van der Waals surface area contributed by atoms with E-state index in [4.69, 9.17) is 0 Å². The van der Waals surface area contributed by atoms with Crippen molar-refractivity contribution in [2.45, 2.75) is 58.2 Å². The van der Waals surface area contributed by atoms with Crippen molar-refractivity contribution in [1.29, 1.82) is 0 Å². The number of aromatic amines is 1. The Bertz CT molecular complexity index is 1380. The maximum Gasteiger partial charge on any atom is 0.268 e. The van der Waals surface area contributed by atoms with Gasteiger partial charge in [-0.25, -0.2) is 0 Å². The van der Waals surface area contributed by atoms with Crippen molar-refractivity contribution in [3.8, 4) is 0 Å². The third-order valence-electron chi connectivity index (χ3n) is 7.29. The van der Waals surface area contributed by atoms with Crippen LogP contribution in [0.15, 0.2) is 60.7 Å². The molecule has 4 rings (SSSR count). The van der Waals surface area contributed by atoms with E-state index in [9.17, 15) is 24.0 Å². The zero-order valence-corrected chi connectivity index (χ0v) is 23.5. The van der Waals surface area contributed by atoms with Crippen LogP contribution < -0.4 is 21.3 Å². The van der Waals surface area contributed by atoms with Crippen LogP contribution >= 0.6 is 0 Å². The fourth-order valence-electron chi connectivity index (χ4n) is 5.00. The third-order valence-corrected chi connectivity index (χ3v) is 7.29. The van der Waals surface area contributed by atoms with Crippen molar-refractivity contribution in [3.05, 3.63) is 71.9 Å². The van der Waals surface area contributed by atoms with E-state index in [2.05, 4.69) is 26.3 Å². The van der Waals surface area contributed by atoms with Gasteiger partial charge in [-0.05, 0) is 36.0 Å². The summed E-state index contributed by atoms with van der Waals surface area (Å²) in [6.45, 7) is 6.01. The summed E-state index contributed by atoms with van der Waals surface area (Å²) in [5.41, 5.74) is 1.23. The van der Waals surface area contributed by atoms with E-state index in [-0.39, 0.29) is 24.7 Å². The molecule has 216 valence electrons. The first-order chi connectivity index (χ1) is 19.5. The van der Waals surface area contributed by atoms with Crippen molar-refractivity contribution in [2.75, 3.05) is 6.54 Å². The van der Waals surface area contributed by atoms with Gasteiger partial charge in [-0.3, -0.25) is 19.2 Å². The Morgan fingerprint density at radius 3 is 2.32 bits per heavy atom. The van der Waals surface area contributed by atoms with E-state index in [0.29, 0.717) is 24.9 Å². The zero-order valence-electron chi connectivity index (χ0n) is 23.5. The van der Waals surface area contributed by atoms with Gasteiger partial charge in [0.1, 0.15) is 24.1 Å². The minimum absolute atomic E-state index is 0.140. The van der Waals surface area contributed by atoms with Crippen molar-refractivity contribution in [1.82, 2.24) is 26.3 Å². The summed E-state index contributed by atoms with van der Waals surface area (Å²) in [4.78, 5) is 67.2. The molecule has 5 N–H and O–H groups in total. The molecule has 1 aromatic heterocycles. The molecule has 1 fully saturated rings. The van der Waals surface area contributed by atoms with Gasteiger partial charge in [0.15, 0.2) is 0 Å². The number of rotatable bonds is 11. The molecule has 41 heavy (non-hydrogen) atoms. The number of nitrogens with one attached hydrogen (secondary N) is 5. The zero-order chi connectivity index (χ0) is 29.6. The van der Waals surface area contributed by atoms with Gasteiger partial charge in [-0.1, -0.05) is 69.3 Å². The summed E-state index contributed by atoms with van der Waals surface area (Å²) < 4.78 is 0. The van der Waals surface area contributed by atoms with E-state index < -0.39 is 41.3 Å². The third kappa shape index (κ3) is 7.59. The molecule has 1 aliphatic heterocycles. The van der Waals surface area contributed by atoms with Crippen LogP contribution in [0.1, 0.15) is 49.7 Å². The molecule has 0 unspecified atom stereocenters. The second-order valence-electron chi connectivity index (χ2n) is 11.6. The largest absolute Gasteiger partial charge is 0.356 e. The SMILES string of the molecule is CC(C)(C)[C@H](NC(=O)c1cc2ccccc2[nH]1)C(=O)N[C@@H](Cc1ccccc1)C(=O)N[C@H](C=O)C[C@@H]1CCNC1=O. The van der Waals surface area contributed by atoms with Gasteiger partial charge in [-0.15, -0.1) is 0 Å². The smallest absolute Gasteiger partial charge is 0.268 e. The fraction of sp³-hybridized carbons (Fsp3) is 0.387. The number of carbonyl (C=O) groups is 5. The summed E-state index contributed by atoms with van der Waals surface area (Å²) in [5.74, 6) is -2.03. The molecule has 0 bridgehead atoms. The maximum absolute atomic E-state index is 13.7. The van der Waals surface area contributed by atoms with Gasteiger partial charge in [0, 0.05) is 29.8 Å². The van der Waals surface area contributed by atoms with Crippen LogP contribution in [0.4, 0.5) is 0 Å². The highest BCUT2D eigenvalue weighted by molar-refractivity contribution is 6.01. The van der Waals surface area contributed by atoms with Crippen LogP contribution in [-0.2, 0) is 25.6 Å². The average Bonchev–Trinajstić information content (AvgIpc) is 3.56. The first kappa shape index (κ1) is 29.5. The highest BCUT2D eigenvalue weighted by Gasteiger charge is 2.36. The van der Waals surface area contributed by atoms with Crippen LogP contribution in [0.2, 0.25) is 0 Å². The highest BCUT2D eigenvalue weighted by atomic mass is 16.2. The topological polar surface area (TPSA) is 149 Å². The Labute approximate surface area is 239 Å². The van der Waals surface area contributed by atoms with Gasteiger partial charge < -0.3 is 31.0 Å². The van der Waals surface area contributed by atoms with Gasteiger partial charge >= 0.3 is 0 Å². The van der Waals surface area contributed by atoms with Gasteiger partial charge in [0.05, 0.1) is 6.04 Å². The van der Waals surface area contributed by atoms with E-state index in [0.717, 1.165) is 16.5 Å². The van der Waals surface area contributed by atoms with Gasteiger partial charge in [0.25, 0.3) is 5.91 Å². The summed E-state index contributed by atoms with van der Waals surface area (Å²) in [7, 11) is 0. The molecule has 0 spiro atoms. The highest BCUT2D eigenvalue weighted by Crippen LogP contribution is 2.22. The van der Waals surface area contributed by atoms with E-state index in [1.54, 1.807) is 6.07 Å². The lowest BCUT2D eigenvalue weighted by Gasteiger charge is -2.32. The number of hydrogen-bond acceptors (Lipinski definition) is 5. The molecule has 1 saturated heterocycles. The van der Waals surface area contributed by atoms with E-state index in [1.807, 2.05) is 75.4 Å². The molecule has 3 aromatic rings. The van der Waals surface area contributed by atoms with Gasteiger partial charge in [-0.2, -0.15) is 0 Å². The fourth-order valence-corrected chi connectivity index (χ4v) is 5.00. The minimum Gasteiger partial charge on any atom is -0.356 e. The molecule has 1 aliphatic rings. The van der Waals surface area contributed by atoms with Gasteiger partial charge in [0.2, 0.25) is 17.7 Å². The molecule has 0 saturated carbocycles. The molecule has 4 amide bonds. The summed E-state index contributed by atoms with van der Waals surface area (Å²) >= 11 is 0. The monoisotopic (exact) mass is 559 g/mol. The van der Waals surface area contributed by atoms with E-state index in [1.165, 1.54) is 0 Å². The Kier molecular flexibility index (Phi) is 9.21. The first-order valence-corrected chi connectivity index (χ1v) is 13.8. The molecular weight excluding hydrogens is 522 g/mol. The Hall–Kier alpha value is -4.47. The molecule has 0 aliphatic carbocycles. The number of amides is 4. The number of hydrogen-bond donors (Lipinski definition) is 5. The number of fused-ring (bicyclic) bond motifs is 1. The number of para-hydroxylation sites is 1. The molecule has 4 atom stereocenters. The molecular formula is C31H37N5O5. The number of aldehydes is 1. The van der Waals surface area contributed by atoms with Crippen LogP contribution in [0.3, 0.4) is 0 Å². The Morgan fingerprint density at radius 1 is 0.976 bits per heavy atom. The second-order valence-corrected chi connectivity index (χ2v) is 11.6. The molecule has 2 aromatic carbocycles. The molecule has 2 heterocycles. The van der Waals surface area contributed by atoms with Crippen molar-refractivity contribution in [3.63, 3.8) is 0 Å². The van der Waals surface area contributed by atoms with Crippen molar-refractivity contribution >= 4 is 40.8 Å². The Morgan fingerprint density at radius 2 is 1.68 bits per heavy atom. The first-order valence-electron chi connectivity index (χ1n) is 13.8. The maximum atomic E-state index is 13.7. The van der Waals surface area contributed by atoms with Crippen LogP contribution in [-0.4, -0.2) is 59.6 Å². The number of carbonyl (C=O) groups excluding carboxylic acids is 5. The van der Waals surface area contributed by atoms with Crippen molar-refractivity contribution in [2.24, 2.45) is 11.3 Å². The standard InChI is InChI=1S/C31H37N5O5/c1-31(2,3)26(36-29(40)25-17-20-11-7-8-12-23(20)34-25)30(41)35-24(15-19-9-5-4-6-10-19)28(39)33-22(18-37)16-21-13-14-32-27(21)38/h4-12,17-18,21-22,24,26,34H,13-16H2,1-3H3,(H,32,38)(H,33,39)(H,35,41)(H,36,40)/t21-,22-,24-,26+/m0/s1. The molecule has 10 heteroatoms. The number of benzene rings is 2. The van der Waals surface area contributed by atoms with Crippen molar-refractivity contribution < 1.29 is 24.0 Å². The lowest BCUT2D eigenvalue weighted by atomic mass is 9.85. The lowest BCUT2D eigenvalue weighted by Crippen LogP contribution is -2.59. The Balaban J connectivity index is 1.51. The average molecular weight is 560 g/mol. The number of aromatic nitrogens is 1. The van der Waals surface area contributed by atoms with Crippen LogP contribution in [0.5, 0.6) is 0 Å². The lowest BCUT2D eigenvalue weighted by molar-refractivity contribution is -0.132.